The van der Waals surface area contributed by atoms with Gasteiger partial charge in [-0.05, 0) is 51.5 Å². The molecular weight excluding hydrogens is 206 g/mol. The van der Waals surface area contributed by atoms with Crippen LogP contribution >= 0.6 is 0 Å². The van der Waals surface area contributed by atoms with E-state index in [0.717, 1.165) is 12.0 Å². The molecule has 0 aromatic rings. The highest BCUT2D eigenvalue weighted by atomic mass is 14.9. The maximum absolute atomic E-state index is 4.04. The SMILES string of the molecule is C=C(C)CCC(NCCC)C1CCCCCC1. The van der Waals surface area contributed by atoms with Crippen LogP contribution in [0.25, 0.3) is 0 Å². The van der Waals surface area contributed by atoms with Crippen molar-refractivity contribution in [3.8, 4) is 0 Å². The van der Waals surface area contributed by atoms with Gasteiger partial charge in [-0.15, -0.1) is 6.58 Å². The van der Waals surface area contributed by atoms with E-state index in [9.17, 15) is 0 Å². The molecule has 1 unspecified atom stereocenters. The Morgan fingerprint density at radius 1 is 1.24 bits per heavy atom. The van der Waals surface area contributed by atoms with Crippen LogP contribution in [0.15, 0.2) is 12.2 Å². The average Bonchev–Trinajstić information content (AvgIpc) is 2.57. The zero-order valence-corrected chi connectivity index (χ0v) is 11.9. The fourth-order valence-corrected chi connectivity index (χ4v) is 2.95. The maximum Gasteiger partial charge on any atom is 0.00983 e. The van der Waals surface area contributed by atoms with Gasteiger partial charge in [0.1, 0.15) is 0 Å². The van der Waals surface area contributed by atoms with Crippen LogP contribution in [0.3, 0.4) is 0 Å². The Morgan fingerprint density at radius 2 is 1.88 bits per heavy atom. The van der Waals surface area contributed by atoms with Gasteiger partial charge in [0.25, 0.3) is 0 Å². The molecule has 0 radical (unpaired) electrons. The summed E-state index contributed by atoms with van der Waals surface area (Å²) in [5, 5.41) is 3.78. The molecule has 1 nitrogen and oxygen atoms in total. The quantitative estimate of drug-likeness (QED) is 0.501. The summed E-state index contributed by atoms with van der Waals surface area (Å²) in [5.41, 5.74) is 1.34. The van der Waals surface area contributed by atoms with E-state index < -0.39 is 0 Å². The molecule has 1 fully saturated rings. The molecular formula is C16H31N. The highest BCUT2D eigenvalue weighted by Crippen LogP contribution is 2.28. The summed E-state index contributed by atoms with van der Waals surface area (Å²) >= 11 is 0. The van der Waals surface area contributed by atoms with Crippen molar-refractivity contribution in [2.45, 2.75) is 77.7 Å². The Morgan fingerprint density at radius 3 is 2.41 bits per heavy atom. The number of rotatable bonds is 7. The summed E-state index contributed by atoms with van der Waals surface area (Å²) in [6, 6.07) is 0.741. The maximum atomic E-state index is 4.04. The van der Waals surface area contributed by atoms with Crippen LogP contribution in [-0.4, -0.2) is 12.6 Å². The smallest absolute Gasteiger partial charge is 0.00983 e. The van der Waals surface area contributed by atoms with Gasteiger partial charge < -0.3 is 5.32 Å². The van der Waals surface area contributed by atoms with E-state index in [0.29, 0.717) is 0 Å². The molecule has 0 bridgehead atoms. The molecule has 1 saturated carbocycles. The third-order valence-electron chi connectivity index (χ3n) is 4.01. The van der Waals surface area contributed by atoms with E-state index >= 15 is 0 Å². The molecule has 0 aromatic heterocycles. The molecule has 0 saturated heterocycles. The molecule has 1 rings (SSSR count). The topological polar surface area (TPSA) is 12.0 Å². The lowest BCUT2D eigenvalue weighted by Crippen LogP contribution is -2.36. The lowest BCUT2D eigenvalue weighted by molar-refractivity contribution is 0.305. The molecule has 0 aromatic carbocycles. The second-order valence-electron chi connectivity index (χ2n) is 5.81. The predicted octanol–water partition coefficient (Wildman–Crippen LogP) is 4.68. The summed E-state index contributed by atoms with van der Waals surface area (Å²) < 4.78 is 0. The van der Waals surface area contributed by atoms with Crippen LogP contribution in [0.2, 0.25) is 0 Å². The standard InChI is InChI=1S/C16H31N/c1-4-13-17-16(12-11-14(2)3)15-9-7-5-6-8-10-15/h15-17H,2,4-13H2,1,3H3. The lowest BCUT2D eigenvalue weighted by Gasteiger charge is -2.27. The van der Waals surface area contributed by atoms with Crippen LogP contribution in [0.4, 0.5) is 0 Å². The molecule has 100 valence electrons. The van der Waals surface area contributed by atoms with E-state index in [1.807, 2.05) is 0 Å². The van der Waals surface area contributed by atoms with Crippen molar-refractivity contribution in [1.29, 1.82) is 0 Å². The average molecular weight is 237 g/mol. The Kier molecular flexibility index (Phi) is 7.59. The minimum atomic E-state index is 0.741. The van der Waals surface area contributed by atoms with Gasteiger partial charge in [-0.1, -0.05) is 38.2 Å². The first kappa shape index (κ1) is 14.8. The van der Waals surface area contributed by atoms with Crippen LogP contribution in [0.5, 0.6) is 0 Å². The number of hydrogen-bond donors (Lipinski definition) is 1. The van der Waals surface area contributed by atoms with Crippen LogP contribution < -0.4 is 5.32 Å². The molecule has 0 spiro atoms. The van der Waals surface area contributed by atoms with Crippen molar-refractivity contribution < 1.29 is 0 Å². The monoisotopic (exact) mass is 237 g/mol. The first-order valence-electron chi connectivity index (χ1n) is 7.61. The summed E-state index contributed by atoms with van der Waals surface area (Å²) in [6.07, 6.45) is 12.4. The van der Waals surface area contributed by atoms with Crippen LogP contribution in [0.1, 0.15) is 71.6 Å². The van der Waals surface area contributed by atoms with E-state index in [2.05, 4.69) is 25.7 Å². The Hall–Kier alpha value is -0.300. The molecule has 0 aliphatic heterocycles. The minimum Gasteiger partial charge on any atom is -0.314 e. The van der Waals surface area contributed by atoms with Crippen molar-refractivity contribution in [3.63, 3.8) is 0 Å². The van der Waals surface area contributed by atoms with Gasteiger partial charge in [0.15, 0.2) is 0 Å². The van der Waals surface area contributed by atoms with Gasteiger partial charge in [-0.25, -0.2) is 0 Å². The van der Waals surface area contributed by atoms with Gasteiger partial charge in [-0.3, -0.25) is 0 Å². The van der Waals surface area contributed by atoms with E-state index in [1.165, 1.54) is 69.9 Å². The Bertz CT molecular complexity index is 202. The molecule has 1 aliphatic rings. The fraction of sp³-hybridized carbons (Fsp3) is 0.875. The van der Waals surface area contributed by atoms with E-state index in [-0.39, 0.29) is 0 Å². The third-order valence-corrected chi connectivity index (χ3v) is 4.01. The molecule has 1 atom stereocenters. The lowest BCUT2D eigenvalue weighted by atomic mass is 9.88. The van der Waals surface area contributed by atoms with Gasteiger partial charge in [0.2, 0.25) is 0 Å². The minimum absolute atomic E-state index is 0.741. The van der Waals surface area contributed by atoms with Crippen LogP contribution in [-0.2, 0) is 0 Å². The number of nitrogens with one attached hydrogen (secondary N) is 1. The Labute approximate surface area is 108 Å². The van der Waals surface area contributed by atoms with Crippen molar-refractivity contribution in [2.24, 2.45) is 5.92 Å². The summed E-state index contributed by atoms with van der Waals surface area (Å²) in [5.74, 6) is 0.920. The molecule has 17 heavy (non-hydrogen) atoms. The van der Waals surface area contributed by atoms with Crippen molar-refractivity contribution in [1.82, 2.24) is 5.32 Å². The summed E-state index contributed by atoms with van der Waals surface area (Å²) in [7, 11) is 0. The van der Waals surface area contributed by atoms with Gasteiger partial charge in [0.05, 0.1) is 0 Å². The zero-order valence-electron chi connectivity index (χ0n) is 11.9. The first-order chi connectivity index (χ1) is 8.24. The predicted molar refractivity (Wildman–Crippen MR) is 77.3 cm³/mol. The molecule has 0 heterocycles. The van der Waals surface area contributed by atoms with Gasteiger partial charge in [-0.2, -0.15) is 0 Å². The van der Waals surface area contributed by atoms with E-state index in [4.69, 9.17) is 0 Å². The van der Waals surface area contributed by atoms with Crippen molar-refractivity contribution in [2.75, 3.05) is 6.54 Å². The number of hydrogen-bond acceptors (Lipinski definition) is 1. The molecule has 1 heteroatoms. The highest BCUT2D eigenvalue weighted by Gasteiger charge is 2.21. The normalized spacial score (nSPS) is 19.9. The largest absolute Gasteiger partial charge is 0.314 e. The molecule has 1 aliphatic carbocycles. The van der Waals surface area contributed by atoms with Gasteiger partial charge in [0, 0.05) is 6.04 Å². The summed E-state index contributed by atoms with van der Waals surface area (Å²) in [6.45, 7) is 9.64. The zero-order chi connectivity index (χ0) is 12.5. The third kappa shape index (κ3) is 6.26. The van der Waals surface area contributed by atoms with Crippen molar-refractivity contribution >= 4 is 0 Å². The van der Waals surface area contributed by atoms with Crippen molar-refractivity contribution in [3.05, 3.63) is 12.2 Å². The fourth-order valence-electron chi connectivity index (χ4n) is 2.95. The van der Waals surface area contributed by atoms with Crippen LogP contribution in [0, 0.1) is 5.92 Å². The Balaban J connectivity index is 2.43. The second kappa shape index (κ2) is 8.74. The first-order valence-corrected chi connectivity index (χ1v) is 7.61. The summed E-state index contributed by atoms with van der Waals surface area (Å²) in [4.78, 5) is 0. The molecule has 1 N–H and O–H groups in total. The second-order valence-corrected chi connectivity index (χ2v) is 5.81. The highest BCUT2D eigenvalue weighted by molar-refractivity contribution is 4.90. The molecule has 0 amide bonds. The van der Waals surface area contributed by atoms with Gasteiger partial charge >= 0.3 is 0 Å². The number of allylic oxidation sites excluding steroid dienone is 1. The van der Waals surface area contributed by atoms with E-state index in [1.54, 1.807) is 0 Å².